The number of ether oxygens (including phenoxy) is 4. The van der Waals surface area contributed by atoms with Gasteiger partial charge >= 0.3 is 11.9 Å². The number of fused-ring (bicyclic) bond motifs is 2. The second-order valence-electron chi connectivity index (χ2n) is 5.84. The monoisotopic (exact) mass is 372 g/mol. The van der Waals surface area contributed by atoms with Crippen LogP contribution in [0.15, 0.2) is 12.1 Å². The average molecular weight is 372 g/mol. The lowest BCUT2D eigenvalue weighted by Gasteiger charge is -2.16. The molecule has 1 aliphatic rings. The molecule has 0 bridgehead atoms. The smallest absolute Gasteiger partial charge is 0.347 e. The van der Waals surface area contributed by atoms with Crippen molar-refractivity contribution < 1.29 is 38.4 Å². The van der Waals surface area contributed by atoms with Crippen LogP contribution in [-0.2, 0) is 4.74 Å². The van der Waals surface area contributed by atoms with Gasteiger partial charge in [0.1, 0.15) is 22.6 Å². The van der Waals surface area contributed by atoms with Crippen LogP contribution >= 0.6 is 0 Å². The number of hydrogen-bond acceptors (Lipinski definition) is 8. The predicted octanol–water partition coefficient (Wildman–Crippen LogP) is 2.94. The Bertz CT molecular complexity index is 990. The van der Waals surface area contributed by atoms with Crippen molar-refractivity contribution in [3.05, 3.63) is 39.9 Å². The highest BCUT2D eigenvalue weighted by Gasteiger charge is 2.34. The topological polar surface area (TPSA) is 108 Å². The third-order valence-corrected chi connectivity index (χ3v) is 4.28. The molecule has 0 unspecified atom stereocenters. The number of esters is 2. The fraction of sp³-hybridized carbons (Fsp3) is 0.211. The summed E-state index contributed by atoms with van der Waals surface area (Å²) in [6.07, 6.45) is 0.361. The number of carbonyl (C=O) groups is 3. The minimum Gasteiger partial charge on any atom is -0.507 e. The molecule has 0 fully saturated rings. The third-order valence-electron chi connectivity index (χ3n) is 4.28. The Balaban J connectivity index is 2.39. The molecule has 0 aromatic heterocycles. The van der Waals surface area contributed by atoms with Crippen LogP contribution < -0.4 is 14.2 Å². The Hall–Kier alpha value is -3.55. The average Bonchev–Trinajstić information content (AvgIpc) is 2.79. The van der Waals surface area contributed by atoms with Crippen LogP contribution in [0.25, 0.3) is 0 Å². The van der Waals surface area contributed by atoms with E-state index in [1.165, 1.54) is 26.4 Å². The Morgan fingerprint density at radius 1 is 1.11 bits per heavy atom. The van der Waals surface area contributed by atoms with E-state index in [4.69, 9.17) is 18.9 Å². The van der Waals surface area contributed by atoms with E-state index in [-0.39, 0.29) is 45.4 Å². The molecule has 0 aliphatic carbocycles. The standard InChI is InChI=1S/C19H16O8/c1-8-5-12(21)11(7-20)16-14(8)19(23)27-15-9(2)13(24-3)6-10(17(15)26-16)18(22)25-4/h5-7,21H,1-4H3. The summed E-state index contributed by atoms with van der Waals surface area (Å²) in [5.41, 5.74) is 0.435. The first-order chi connectivity index (χ1) is 12.8. The molecule has 8 nitrogen and oxygen atoms in total. The van der Waals surface area contributed by atoms with Crippen LogP contribution in [0.4, 0.5) is 0 Å². The highest BCUT2D eigenvalue weighted by molar-refractivity contribution is 6.03. The zero-order chi connectivity index (χ0) is 19.9. The van der Waals surface area contributed by atoms with Crippen molar-refractivity contribution in [2.45, 2.75) is 13.8 Å². The number of hydrogen-bond donors (Lipinski definition) is 1. The molecule has 0 saturated heterocycles. The summed E-state index contributed by atoms with van der Waals surface area (Å²) >= 11 is 0. The maximum Gasteiger partial charge on any atom is 0.347 e. The van der Waals surface area contributed by atoms with Gasteiger partial charge in [-0.15, -0.1) is 0 Å². The quantitative estimate of drug-likeness (QED) is 0.498. The van der Waals surface area contributed by atoms with Gasteiger partial charge in [0.05, 0.1) is 19.8 Å². The van der Waals surface area contributed by atoms with Crippen molar-refractivity contribution in [3.8, 4) is 28.7 Å². The predicted molar refractivity (Wildman–Crippen MR) is 92.3 cm³/mol. The normalized spacial score (nSPS) is 12.1. The van der Waals surface area contributed by atoms with E-state index in [1.807, 2.05) is 0 Å². The van der Waals surface area contributed by atoms with Crippen LogP contribution in [0.2, 0.25) is 0 Å². The second-order valence-corrected chi connectivity index (χ2v) is 5.84. The van der Waals surface area contributed by atoms with Crippen molar-refractivity contribution in [1.82, 2.24) is 0 Å². The Morgan fingerprint density at radius 2 is 1.81 bits per heavy atom. The Labute approximate surface area is 154 Å². The number of rotatable bonds is 3. The molecule has 140 valence electrons. The van der Waals surface area contributed by atoms with Gasteiger partial charge in [0.2, 0.25) is 0 Å². The molecular formula is C19H16O8. The summed E-state index contributed by atoms with van der Waals surface area (Å²) in [6, 6.07) is 2.65. The molecule has 3 rings (SSSR count). The van der Waals surface area contributed by atoms with Crippen molar-refractivity contribution in [2.24, 2.45) is 0 Å². The van der Waals surface area contributed by atoms with Gasteiger partial charge in [-0.3, -0.25) is 4.79 Å². The molecule has 2 aromatic carbocycles. The highest BCUT2D eigenvalue weighted by Crippen LogP contribution is 2.48. The molecule has 0 saturated carbocycles. The summed E-state index contributed by atoms with van der Waals surface area (Å²) in [5.74, 6) is -1.97. The van der Waals surface area contributed by atoms with Crippen LogP contribution in [0.5, 0.6) is 28.7 Å². The van der Waals surface area contributed by atoms with Gasteiger partial charge in [-0.25, -0.2) is 9.59 Å². The van der Waals surface area contributed by atoms with Gasteiger partial charge in [0, 0.05) is 5.56 Å². The lowest BCUT2D eigenvalue weighted by Crippen LogP contribution is -2.11. The van der Waals surface area contributed by atoms with Gasteiger partial charge in [0.15, 0.2) is 23.5 Å². The number of aromatic hydroxyl groups is 1. The fourth-order valence-corrected chi connectivity index (χ4v) is 2.91. The molecule has 0 atom stereocenters. The van der Waals surface area contributed by atoms with Crippen LogP contribution in [0, 0.1) is 13.8 Å². The van der Waals surface area contributed by atoms with Crippen LogP contribution in [0.3, 0.4) is 0 Å². The minimum absolute atomic E-state index is 0.0275. The minimum atomic E-state index is -0.795. The first-order valence-electron chi connectivity index (χ1n) is 7.85. The molecule has 1 heterocycles. The molecule has 27 heavy (non-hydrogen) atoms. The molecule has 1 N–H and O–H groups in total. The number of aldehydes is 1. The number of phenolic OH excluding ortho intramolecular Hbond substituents is 1. The van der Waals surface area contributed by atoms with Gasteiger partial charge < -0.3 is 24.1 Å². The van der Waals surface area contributed by atoms with Gasteiger partial charge in [-0.2, -0.15) is 0 Å². The molecule has 8 heteroatoms. The van der Waals surface area contributed by atoms with Crippen molar-refractivity contribution in [2.75, 3.05) is 14.2 Å². The first kappa shape index (κ1) is 18.2. The lowest BCUT2D eigenvalue weighted by molar-refractivity contribution is 0.0594. The molecule has 1 aliphatic heterocycles. The van der Waals surface area contributed by atoms with Crippen molar-refractivity contribution >= 4 is 18.2 Å². The summed E-state index contributed by atoms with van der Waals surface area (Å²) in [7, 11) is 2.58. The largest absolute Gasteiger partial charge is 0.507 e. The van der Waals surface area contributed by atoms with E-state index in [0.717, 1.165) is 0 Å². The third kappa shape index (κ3) is 2.75. The second kappa shape index (κ2) is 6.64. The fourth-order valence-electron chi connectivity index (χ4n) is 2.91. The van der Waals surface area contributed by atoms with Gasteiger partial charge in [-0.1, -0.05) is 0 Å². The summed E-state index contributed by atoms with van der Waals surface area (Å²) in [6.45, 7) is 3.18. The molecule has 0 radical (unpaired) electrons. The molecule has 0 amide bonds. The van der Waals surface area contributed by atoms with Crippen molar-refractivity contribution in [1.29, 1.82) is 0 Å². The number of methoxy groups -OCH3 is 2. The maximum absolute atomic E-state index is 12.7. The van der Waals surface area contributed by atoms with Crippen LogP contribution in [-0.4, -0.2) is 37.6 Å². The van der Waals surface area contributed by atoms with Gasteiger partial charge in [-0.05, 0) is 31.5 Å². The van der Waals surface area contributed by atoms with Crippen molar-refractivity contribution in [3.63, 3.8) is 0 Å². The summed E-state index contributed by atoms with van der Waals surface area (Å²) in [5, 5.41) is 10.1. The van der Waals surface area contributed by atoms with E-state index in [0.29, 0.717) is 17.4 Å². The zero-order valence-corrected chi connectivity index (χ0v) is 15.0. The van der Waals surface area contributed by atoms with Crippen LogP contribution in [0.1, 0.15) is 42.2 Å². The Morgan fingerprint density at radius 3 is 2.41 bits per heavy atom. The number of aryl methyl sites for hydroxylation is 1. The highest BCUT2D eigenvalue weighted by atomic mass is 16.6. The number of benzene rings is 2. The zero-order valence-electron chi connectivity index (χ0n) is 15.0. The summed E-state index contributed by atoms with van der Waals surface area (Å²) in [4.78, 5) is 36.4. The molecule has 0 spiro atoms. The van der Waals surface area contributed by atoms with E-state index < -0.39 is 11.9 Å². The lowest BCUT2D eigenvalue weighted by atomic mass is 10.0. The summed E-state index contributed by atoms with van der Waals surface area (Å²) < 4.78 is 21.3. The van der Waals surface area contributed by atoms with E-state index in [2.05, 4.69) is 0 Å². The Kier molecular flexibility index (Phi) is 4.49. The number of phenols is 1. The SMILES string of the molecule is COC(=O)c1cc(OC)c(C)c2c1Oc1c(C=O)c(O)cc(C)c1C(=O)O2. The van der Waals surface area contributed by atoms with Gasteiger partial charge in [0.25, 0.3) is 0 Å². The first-order valence-corrected chi connectivity index (χ1v) is 7.85. The molecule has 2 aromatic rings. The maximum atomic E-state index is 12.7. The van der Waals surface area contributed by atoms with E-state index >= 15 is 0 Å². The van der Waals surface area contributed by atoms with E-state index in [9.17, 15) is 19.5 Å². The molecular weight excluding hydrogens is 356 g/mol. The van der Waals surface area contributed by atoms with E-state index in [1.54, 1.807) is 13.8 Å². The number of carbonyl (C=O) groups excluding carboxylic acids is 3.